The average molecular weight is 322 g/mol. The van der Waals surface area contributed by atoms with Crippen molar-refractivity contribution < 1.29 is 0 Å². The molecule has 0 spiro atoms. The molecular weight excluding hydrogens is 308 g/mol. The number of aryl methyl sites for hydroxylation is 2. The molecule has 3 aromatic heterocycles. The number of aromatic nitrogens is 2. The van der Waals surface area contributed by atoms with E-state index >= 15 is 0 Å². The molecule has 4 aromatic rings. The lowest BCUT2D eigenvalue weighted by atomic mass is 10.1. The summed E-state index contributed by atoms with van der Waals surface area (Å²) >= 11 is 3.59. The second kappa shape index (κ2) is 5.30. The Bertz CT molecular complexity index is 887. The number of nitrogens with zero attached hydrogens (tertiary/aromatic N) is 2. The van der Waals surface area contributed by atoms with Crippen molar-refractivity contribution in [1.29, 1.82) is 0 Å². The van der Waals surface area contributed by atoms with Gasteiger partial charge in [0.15, 0.2) is 0 Å². The van der Waals surface area contributed by atoms with Gasteiger partial charge in [-0.1, -0.05) is 12.1 Å². The third-order valence-electron chi connectivity index (χ3n) is 3.64. The minimum atomic E-state index is 0.980. The third-order valence-corrected chi connectivity index (χ3v) is 5.70. The monoisotopic (exact) mass is 322 g/mol. The Morgan fingerprint density at radius 1 is 0.636 bits per heavy atom. The van der Waals surface area contributed by atoms with E-state index in [1.807, 2.05) is 0 Å². The van der Waals surface area contributed by atoms with Crippen LogP contribution in [0.5, 0.6) is 0 Å². The Balaban J connectivity index is 1.99. The van der Waals surface area contributed by atoms with E-state index in [0.717, 1.165) is 11.0 Å². The van der Waals surface area contributed by atoms with Crippen LogP contribution in [0.25, 0.3) is 31.9 Å². The molecule has 3 heterocycles. The summed E-state index contributed by atoms with van der Waals surface area (Å²) in [4.78, 5) is 14.3. The zero-order valence-electron chi connectivity index (χ0n) is 12.3. The topological polar surface area (TPSA) is 25.8 Å². The van der Waals surface area contributed by atoms with Crippen LogP contribution in [0.15, 0.2) is 48.8 Å². The van der Waals surface area contributed by atoms with Gasteiger partial charge in [-0.3, -0.25) is 9.97 Å². The van der Waals surface area contributed by atoms with Gasteiger partial charge in [-0.2, -0.15) is 0 Å². The summed E-state index contributed by atoms with van der Waals surface area (Å²) in [5.41, 5.74) is 4.29. The van der Waals surface area contributed by atoms with Crippen molar-refractivity contribution in [3.8, 4) is 20.9 Å². The van der Waals surface area contributed by atoms with E-state index in [4.69, 9.17) is 0 Å². The highest BCUT2D eigenvalue weighted by atomic mass is 32.1. The lowest BCUT2D eigenvalue weighted by molar-refractivity contribution is 1.30. The maximum Gasteiger partial charge on any atom is 0.0979 e. The first-order valence-electron chi connectivity index (χ1n) is 7.10. The highest BCUT2D eigenvalue weighted by Crippen LogP contribution is 2.38. The Morgan fingerprint density at radius 2 is 1.09 bits per heavy atom. The molecular formula is C18H14N2S2. The molecule has 1 aromatic carbocycles. The molecule has 0 saturated carbocycles. The van der Waals surface area contributed by atoms with Crippen LogP contribution in [0.1, 0.15) is 9.75 Å². The van der Waals surface area contributed by atoms with Crippen molar-refractivity contribution in [2.45, 2.75) is 13.8 Å². The quantitative estimate of drug-likeness (QED) is 0.473. The molecule has 0 fully saturated rings. The average Bonchev–Trinajstić information content (AvgIpc) is 3.15. The smallest absolute Gasteiger partial charge is 0.0979 e. The lowest BCUT2D eigenvalue weighted by Gasteiger charge is -2.07. The van der Waals surface area contributed by atoms with Gasteiger partial charge in [0.05, 0.1) is 11.0 Å². The van der Waals surface area contributed by atoms with Crippen LogP contribution < -0.4 is 0 Å². The van der Waals surface area contributed by atoms with Gasteiger partial charge < -0.3 is 0 Å². The van der Waals surface area contributed by atoms with Crippen molar-refractivity contribution in [2.75, 3.05) is 0 Å². The van der Waals surface area contributed by atoms with Crippen LogP contribution in [0.3, 0.4) is 0 Å². The zero-order chi connectivity index (χ0) is 15.1. The van der Waals surface area contributed by atoms with Crippen molar-refractivity contribution in [3.63, 3.8) is 0 Å². The lowest BCUT2D eigenvalue weighted by Crippen LogP contribution is -1.88. The summed E-state index contributed by atoms with van der Waals surface area (Å²) in [6, 6.07) is 13.0. The SMILES string of the molecule is Cc1ccc(-c2ccc(-c3ccc(C)s3)c3nccnc23)s1. The molecule has 0 amide bonds. The van der Waals surface area contributed by atoms with E-state index in [0.29, 0.717) is 0 Å². The first-order valence-corrected chi connectivity index (χ1v) is 8.73. The zero-order valence-corrected chi connectivity index (χ0v) is 14.0. The predicted molar refractivity (Wildman–Crippen MR) is 95.6 cm³/mol. The van der Waals surface area contributed by atoms with Gasteiger partial charge in [0, 0.05) is 43.0 Å². The number of hydrogen-bond donors (Lipinski definition) is 0. The first kappa shape index (κ1) is 13.6. The van der Waals surface area contributed by atoms with E-state index in [1.54, 1.807) is 35.1 Å². The molecule has 0 aliphatic heterocycles. The maximum absolute atomic E-state index is 4.61. The van der Waals surface area contributed by atoms with Crippen LogP contribution in [0, 0.1) is 13.8 Å². The van der Waals surface area contributed by atoms with Gasteiger partial charge in [-0.25, -0.2) is 0 Å². The van der Waals surface area contributed by atoms with Crippen LogP contribution in [-0.4, -0.2) is 9.97 Å². The number of fused-ring (bicyclic) bond motifs is 1. The van der Waals surface area contributed by atoms with Crippen molar-refractivity contribution >= 4 is 33.7 Å². The fraction of sp³-hybridized carbons (Fsp3) is 0.111. The molecule has 4 rings (SSSR count). The Hall–Kier alpha value is -2.04. The highest BCUT2D eigenvalue weighted by molar-refractivity contribution is 7.16. The number of hydrogen-bond acceptors (Lipinski definition) is 4. The normalized spacial score (nSPS) is 11.2. The summed E-state index contributed by atoms with van der Waals surface area (Å²) in [6.07, 6.45) is 3.55. The molecule has 4 heteroatoms. The second-order valence-electron chi connectivity index (χ2n) is 5.23. The summed E-state index contributed by atoms with van der Waals surface area (Å²) < 4.78 is 0. The largest absolute Gasteiger partial charge is 0.252 e. The molecule has 22 heavy (non-hydrogen) atoms. The Kier molecular flexibility index (Phi) is 3.28. The van der Waals surface area contributed by atoms with Gasteiger partial charge in [-0.05, 0) is 38.1 Å². The summed E-state index contributed by atoms with van der Waals surface area (Å²) in [5, 5.41) is 0. The van der Waals surface area contributed by atoms with Crippen LogP contribution in [0.2, 0.25) is 0 Å². The fourth-order valence-corrected chi connectivity index (χ4v) is 4.40. The molecule has 108 valence electrons. The minimum Gasteiger partial charge on any atom is -0.252 e. The van der Waals surface area contributed by atoms with Crippen LogP contribution in [0.4, 0.5) is 0 Å². The van der Waals surface area contributed by atoms with E-state index in [9.17, 15) is 0 Å². The van der Waals surface area contributed by atoms with Crippen molar-refractivity contribution in [3.05, 3.63) is 58.5 Å². The maximum atomic E-state index is 4.61. The highest BCUT2D eigenvalue weighted by Gasteiger charge is 2.13. The number of benzene rings is 1. The predicted octanol–water partition coefficient (Wildman–Crippen LogP) is 5.70. The Morgan fingerprint density at radius 3 is 1.45 bits per heavy atom. The van der Waals surface area contributed by atoms with Crippen LogP contribution in [-0.2, 0) is 0 Å². The fourth-order valence-electron chi connectivity index (χ4n) is 2.61. The molecule has 0 aliphatic rings. The van der Waals surface area contributed by atoms with Crippen LogP contribution >= 0.6 is 22.7 Å². The molecule has 0 unspecified atom stereocenters. The van der Waals surface area contributed by atoms with Gasteiger partial charge >= 0.3 is 0 Å². The standard InChI is InChI=1S/C18H14N2S2/c1-11-3-7-15(21-11)13-5-6-14(16-8-4-12(2)22-16)18-17(13)19-9-10-20-18/h3-10H,1-2H3. The Labute approximate surface area is 137 Å². The molecule has 0 atom stereocenters. The van der Waals surface area contributed by atoms with E-state index in [-0.39, 0.29) is 0 Å². The molecule has 0 bridgehead atoms. The third kappa shape index (κ3) is 2.25. The minimum absolute atomic E-state index is 0.980. The molecule has 0 saturated heterocycles. The van der Waals surface area contributed by atoms with Crippen molar-refractivity contribution in [1.82, 2.24) is 9.97 Å². The van der Waals surface area contributed by atoms with Crippen molar-refractivity contribution in [2.24, 2.45) is 0 Å². The van der Waals surface area contributed by atoms with Gasteiger partial charge in [0.1, 0.15) is 0 Å². The van der Waals surface area contributed by atoms with E-state index in [2.05, 4.69) is 60.2 Å². The van der Waals surface area contributed by atoms with Gasteiger partial charge in [0.2, 0.25) is 0 Å². The number of rotatable bonds is 2. The summed E-state index contributed by atoms with van der Waals surface area (Å²) in [7, 11) is 0. The van der Waals surface area contributed by atoms with Gasteiger partial charge in [0.25, 0.3) is 0 Å². The second-order valence-corrected chi connectivity index (χ2v) is 7.81. The first-order chi connectivity index (χ1) is 10.7. The molecule has 2 nitrogen and oxygen atoms in total. The van der Waals surface area contributed by atoms with E-state index < -0.39 is 0 Å². The summed E-state index contributed by atoms with van der Waals surface area (Å²) in [6.45, 7) is 4.26. The summed E-state index contributed by atoms with van der Waals surface area (Å²) in [5.74, 6) is 0. The molecule has 0 aliphatic carbocycles. The van der Waals surface area contributed by atoms with E-state index in [1.165, 1.54) is 30.6 Å². The van der Waals surface area contributed by atoms with Gasteiger partial charge in [-0.15, -0.1) is 22.7 Å². The molecule has 0 N–H and O–H groups in total. The number of thiophene rings is 2. The molecule has 0 radical (unpaired) electrons.